The van der Waals surface area contributed by atoms with Gasteiger partial charge in [-0.15, -0.1) is 0 Å². The lowest BCUT2D eigenvalue weighted by Crippen LogP contribution is -2.45. The first-order chi connectivity index (χ1) is 30.5. The summed E-state index contributed by atoms with van der Waals surface area (Å²) in [6.07, 6.45) is 64.0. The molecule has 0 heterocycles. The van der Waals surface area contributed by atoms with Crippen molar-refractivity contribution >= 4 is 11.9 Å². The molecular weight excluding hydrogens is 767 g/mol. The molecule has 0 radical (unpaired) electrons. The van der Waals surface area contributed by atoms with E-state index in [-0.39, 0.29) is 18.5 Å². The fourth-order valence-corrected chi connectivity index (χ4v) is 7.89. The Balaban J connectivity index is 3.54. The summed E-state index contributed by atoms with van der Waals surface area (Å²) < 4.78 is 5.44. The Morgan fingerprint density at radius 2 is 0.806 bits per heavy atom. The third kappa shape index (κ3) is 47.3. The Bertz CT molecular complexity index is 1050. The predicted molar refractivity (Wildman–Crippen MR) is 269 cm³/mol. The number of nitrogens with one attached hydrogen (secondary N) is 1. The molecule has 62 heavy (non-hydrogen) atoms. The molecule has 362 valence electrons. The van der Waals surface area contributed by atoms with Crippen molar-refractivity contribution in [3.8, 4) is 0 Å². The third-order valence-electron chi connectivity index (χ3n) is 12.1. The summed E-state index contributed by atoms with van der Waals surface area (Å²) in [4.78, 5) is 24.4. The van der Waals surface area contributed by atoms with Gasteiger partial charge in [-0.25, -0.2) is 0 Å². The highest BCUT2D eigenvalue weighted by Gasteiger charge is 2.18. The smallest absolute Gasteiger partial charge is 0.305 e. The van der Waals surface area contributed by atoms with E-state index >= 15 is 0 Å². The van der Waals surface area contributed by atoms with Crippen molar-refractivity contribution < 1.29 is 24.5 Å². The fourth-order valence-electron chi connectivity index (χ4n) is 7.89. The van der Waals surface area contributed by atoms with E-state index in [9.17, 15) is 19.8 Å². The number of amides is 1. The molecule has 2 atom stereocenters. The molecule has 0 aliphatic rings. The van der Waals surface area contributed by atoms with Gasteiger partial charge in [0.15, 0.2) is 0 Å². The molecule has 0 fully saturated rings. The average molecular weight is 870 g/mol. The van der Waals surface area contributed by atoms with Crippen LogP contribution >= 0.6 is 0 Å². The minimum Gasteiger partial charge on any atom is -0.466 e. The van der Waals surface area contributed by atoms with E-state index in [1.54, 1.807) is 6.08 Å². The lowest BCUT2D eigenvalue weighted by atomic mass is 10.0. The molecule has 6 heteroatoms. The van der Waals surface area contributed by atoms with Crippen molar-refractivity contribution in [1.29, 1.82) is 0 Å². The monoisotopic (exact) mass is 870 g/mol. The zero-order valence-corrected chi connectivity index (χ0v) is 41.1. The van der Waals surface area contributed by atoms with Crippen LogP contribution in [0.3, 0.4) is 0 Å². The Morgan fingerprint density at radius 1 is 0.452 bits per heavy atom. The van der Waals surface area contributed by atoms with Gasteiger partial charge in [-0.1, -0.05) is 210 Å². The van der Waals surface area contributed by atoms with Gasteiger partial charge in [0.2, 0.25) is 5.91 Å². The van der Waals surface area contributed by atoms with E-state index in [0.717, 1.165) is 83.5 Å². The second kappa shape index (κ2) is 51.5. The number of rotatable bonds is 49. The van der Waals surface area contributed by atoms with Crippen LogP contribution in [-0.2, 0) is 14.3 Å². The van der Waals surface area contributed by atoms with E-state index in [0.29, 0.717) is 19.4 Å². The van der Waals surface area contributed by atoms with Gasteiger partial charge in [0, 0.05) is 12.8 Å². The Morgan fingerprint density at radius 3 is 1.24 bits per heavy atom. The number of allylic oxidation sites excluding steroid dienone is 7. The maximum Gasteiger partial charge on any atom is 0.305 e. The summed E-state index contributed by atoms with van der Waals surface area (Å²) >= 11 is 0. The predicted octanol–water partition coefficient (Wildman–Crippen LogP) is 16.2. The summed E-state index contributed by atoms with van der Waals surface area (Å²) in [5.41, 5.74) is 0. The number of unbranched alkanes of at least 4 members (excludes halogenated alkanes) is 32. The van der Waals surface area contributed by atoms with Crippen molar-refractivity contribution in [3.63, 3.8) is 0 Å². The van der Waals surface area contributed by atoms with Crippen molar-refractivity contribution in [2.45, 2.75) is 283 Å². The highest BCUT2D eigenvalue weighted by molar-refractivity contribution is 5.76. The number of carbonyl (C=O) groups is 2. The van der Waals surface area contributed by atoms with Crippen LogP contribution in [0.25, 0.3) is 0 Å². The summed E-state index contributed by atoms with van der Waals surface area (Å²) in [7, 11) is 0. The molecule has 0 aliphatic carbocycles. The van der Waals surface area contributed by atoms with Gasteiger partial charge < -0.3 is 20.3 Å². The zero-order chi connectivity index (χ0) is 45.1. The number of aliphatic hydroxyl groups is 2. The normalized spacial score (nSPS) is 13.0. The van der Waals surface area contributed by atoms with Crippen LogP contribution in [0.15, 0.2) is 48.6 Å². The Kier molecular flexibility index (Phi) is 49.6. The van der Waals surface area contributed by atoms with Gasteiger partial charge in [-0.2, -0.15) is 0 Å². The second-order valence-corrected chi connectivity index (χ2v) is 18.2. The first-order valence-electron chi connectivity index (χ1n) is 26.9. The number of hydrogen-bond acceptors (Lipinski definition) is 5. The van der Waals surface area contributed by atoms with Gasteiger partial charge in [0.25, 0.3) is 0 Å². The maximum absolute atomic E-state index is 12.4. The summed E-state index contributed by atoms with van der Waals surface area (Å²) in [5.74, 6) is -0.111. The van der Waals surface area contributed by atoms with Gasteiger partial charge in [0.05, 0.1) is 25.4 Å². The van der Waals surface area contributed by atoms with Crippen LogP contribution in [0.1, 0.15) is 271 Å². The van der Waals surface area contributed by atoms with E-state index in [4.69, 9.17) is 4.74 Å². The molecule has 0 saturated heterocycles. The average Bonchev–Trinajstić information content (AvgIpc) is 3.27. The summed E-state index contributed by atoms with van der Waals surface area (Å²) in [5, 5.41) is 23.0. The summed E-state index contributed by atoms with van der Waals surface area (Å²) in [6.45, 7) is 4.83. The first kappa shape index (κ1) is 59.8. The van der Waals surface area contributed by atoms with Crippen LogP contribution in [0.5, 0.6) is 0 Å². The fraction of sp³-hybridized carbons (Fsp3) is 0.821. The second-order valence-electron chi connectivity index (χ2n) is 18.2. The lowest BCUT2D eigenvalue weighted by molar-refractivity contribution is -0.143. The van der Waals surface area contributed by atoms with Crippen molar-refractivity contribution in [2.75, 3.05) is 13.2 Å². The highest BCUT2D eigenvalue weighted by atomic mass is 16.5. The SMILES string of the molecule is CCCCCCC/C=C\CCCCCCCC(=O)OCCCCC/C=C\C/C=C\CCCCCCCCCC(=O)NC(CO)C(O)/C=C/CCCCCCCCCCCCCC. The molecule has 0 aromatic heterocycles. The topological polar surface area (TPSA) is 95.9 Å². The molecular formula is C56H103NO5. The molecule has 0 aromatic carbocycles. The number of hydrogen-bond donors (Lipinski definition) is 3. The lowest BCUT2D eigenvalue weighted by Gasteiger charge is -2.20. The third-order valence-corrected chi connectivity index (χ3v) is 12.1. The van der Waals surface area contributed by atoms with E-state index in [1.165, 1.54) is 161 Å². The highest BCUT2D eigenvalue weighted by Crippen LogP contribution is 2.15. The molecule has 0 spiro atoms. The Labute approximate surface area is 385 Å². The largest absolute Gasteiger partial charge is 0.466 e. The van der Waals surface area contributed by atoms with Crippen LogP contribution in [-0.4, -0.2) is 47.4 Å². The minimum absolute atomic E-state index is 0.0258. The summed E-state index contributed by atoms with van der Waals surface area (Å²) in [6, 6.07) is -0.640. The molecule has 6 nitrogen and oxygen atoms in total. The number of aliphatic hydroxyl groups excluding tert-OH is 2. The van der Waals surface area contributed by atoms with E-state index in [1.807, 2.05) is 6.08 Å². The van der Waals surface area contributed by atoms with Crippen molar-refractivity contribution in [3.05, 3.63) is 48.6 Å². The molecule has 0 saturated carbocycles. The van der Waals surface area contributed by atoms with Gasteiger partial charge in [-0.05, 0) is 96.3 Å². The van der Waals surface area contributed by atoms with Crippen molar-refractivity contribution in [1.82, 2.24) is 5.32 Å². The first-order valence-corrected chi connectivity index (χ1v) is 26.9. The maximum atomic E-state index is 12.4. The number of carbonyl (C=O) groups excluding carboxylic acids is 2. The zero-order valence-electron chi connectivity index (χ0n) is 41.1. The number of ether oxygens (including phenoxy) is 1. The minimum atomic E-state index is -0.855. The van der Waals surface area contributed by atoms with E-state index < -0.39 is 12.1 Å². The molecule has 0 aromatic rings. The standard InChI is InChI=1S/C56H103NO5/c1-3-5-7-9-11-13-15-17-24-28-32-36-40-44-48-54(59)53(52-58)57-55(60)49-45-41-37-33-29-25-22-20-19-21-23-27-31-35-39-43-47-51-62-56(61)50-46-42-38-34-30-26-18-16-14-12-10-8-6-4-2/h16,18-19,21,27,31,44,48,53-54,58-59H,3-15,17,20,22-26,28-30,32-43,45-47,49-52H2,1-2H3,(H,57,60)/b18-16-,21-19-,31-27-,48-44+. The van der Waals surface area contributed by atoms with Gasteiger partial charge in [0.1, 0.15) is 0 Å². The van der Waals surface area contributed by atoms with Crippen LogP contribution in [0, 0.1) is 0 Å². The quantitative estimate of drug-likeness (QED) is 0.0322. The van der Waals surface area contributed by atoms with E-state index in [2.05, 4.69) is 55.6 Å². The molecule has 2 unspecified atom stereocenters. The van der Waals surface area contributed by atoms with Crippen LogP contribution in [0.4, 0.5) is 0 Å². The van der Waals surface area contributed by atoms with Gasteiger partial charge in [-0.3, -0.25) is 9.59 Å². The van der Waals surface area contributed by atoms with Crippen LogP contribution < -0.4 is 5.32 Å². The van der Waals surface area contributed by atoms with Crippen LogP contribution in [0.2, 0.25) is 0 Å². The van der Waals surface area contributed by atoms with Gasteiger partial charge >= 0.3 is 5.97 Å². The Hall–Kier alpha value is -2.18. The molecule has 0 bridgehead atoms. The number of esters is 1. The molecule has 1 amide bonds. The molecule has 0 rings (SSSR count). The van der Waals surface area contributed by atoms with Crippen molar-refractivity contribution in [2.24, 2.45) is 0 Å². The molecule has 0 aliphatic heterocycles. The molecule has 3 N–H and O–H groups in total.